The molecule has 1 aromatic carbocycles. The van der Waals surface area contributed by atoms with Crippen LogP contribution in [0.1, 0.15) is 12.7 Å². The van der Waals surface area contributed by atoms with Crippen molar-refractivity contribution in [1.29, 1.82) is 0 Å². The second-order valence-corrected chi connectivity index (χ2v) is 5.03. The largest absolute Gasteiger partial charge is 0.573 e. The Morgan fingerprint density at radius 3 is 2.76 bits per heavy atom. The van der Waals surface area contributed by atoms with Gasteiger partial charge in [0, 0.05) is 24.6 Å². The van der Waals surface area contributed by atoms with Gasteiger partial charge in [-0.05, 0) is 41.1 Å². The summed E-state index contributed by atoms with van der Waals surface area (Å²) in [6.07, 6.45) is -1.13. The smallest absolute Gasteiger partial charge is 0.405 e. The highest BCUT2D eigenvalue weighted by molar-refractivity contribution is 9.10. The molecule has 2 aromatic rings. The number of hydrogen-bond donors (Lipinski definition) is 1. The molecule has 0 fully saturated rings. The summed E-state index contributed by atoms with van der Waals surface area (Å²) in [5, 5.41) is 3.10. The molecule has 0 radical (unpaired) electrons. The zero-order chi connectivity index (χ0) is 15.5. The second-order valence-electron chi connectivity index (χ2n) is 4.18. The molecule has 2 rings (SSSR count). The molecule has 0 bridgehead atoms. The Labute approximate surface area is 128 Å². The van der Waals surface area contributed by atoms with Crippen molar-refractivity contribution in [3.8, 4) is 5.75 Å². The number of imidazole rings is 1. The molecule has 0 saturated heterocycles. The van der Waals surface area contributed by atoms with E-state index in [0.717, 1.165) is 12.4 Å². The molecule has 0 unspecified atom stereocenters. The van der Waals surface area contributed by atoms with Crippen LogP contribution in [0.5, 0.6) is 5.75 Å². The van der Waals surface area contributed by atoms with Crippen LogP contribution in [0.4, 0.5) is 18.9 Å². The van der Waals surface area contributed by atoms with Crippen molar-refractivity contribution in [2.75, 3.05) is 5.32 Å². The molecular formula is C13H13BrF3N3O. The fourth-order valence-corrected chi connectivity index (χ4v) is 2.25. The van der Waals surface area contributed by atoms with Gasteiger partial charge < -0.3 is 14.6 Å². The first-order valence-corrected chi connectivity index (χ1v) is 6.97. The van der Waals surface area contributed by atoms with E-state index in [1.165, 1.54) is 18.2 Å². The maximum atomic E-state index is 12.2. The van der Waals surface area contributed by atoms with Gasteiger partial charge in [-0.2, -0.15) is 0 Å². The number of anilines is 1. The molecule has 0 saturated carbocycles. The Balaban J connectivity index is 2.03. The monoisotopic (exact) mass is 363 g/mol. The fourth-order valence-electron chi connectivity index (χ4n) is 1.79. The SMILES string of the molecule is CCn1ccnc1CNc1ccc(OC(F)(F)F)c(Br)c1. The number of aromatic nitrogens is 2. The summed E-state index contributed by atoms with van der Waals surface area (Å²) in [6.45, 7) is 3.29. The highest BCUT2D eigenvalue weighted by Crippen LogP contribution is 2.32. The molecule has 0 spiro atoms. The molecule has 4 nitrogen and oxygen atoms in total. The van der Waals surface area contributed by atoms with Gasteiger partial charge in [0.2, 0.25) is 0 Å². The summed E-state index contributed by atoms with van der Waals surface area (Å²) >= 11 is 3.06. The molecule has 0 aliphatic heterocycles. The van der Waals surface area contributed by atoms with Crippen LogP contribution in [-0.4, -0.2) is 15.9 Å². The van der Waals surface area contributed by atoms with E-state index in [4.69, 9.17) is 0 Å². The van der Waals surface area contributed by atoms with E-state index in [1.807, 2.05) is 17.7 Å². The third kappa shape index (κ3) is 4.38. The van der Waals surface area contributed by atoms with Crippen molar-refractivity contribution in [2.24, 2.45) is 0 Å². The third-order valence-corrected chi connectivity index (χ3v) is 3.37. The van der Waals surface area contributed by atoms with E-state index in [-0.39, 0.29) is 10.2 Å². The van der Waals surface area contributed by atoms with Crippen molar-refractivity contribution in [3.05, 3.63) is 40.9 Å². The summed E-state index contributed by atoms with van der Waals surface area (Å²) < 4.78 is 42.6. The number of halogens is 4. The predicted molar refractivity (Wildman–Crippen MR) is 76.1 cm³/mol. The number of rotatable bonds is 5. The van der Waals surface area contributed by atoms with E-state index in [9.17, 15) is 13.2 Å². The number of hydrogen-bond acceptors (Lipinski definition) is 3. The molecule has 1 N–H and O–H groups in total. The zero-order valence-electron chi connectivity index (χ0n) is 11.1. The minimum Gasteiger partial charge on any atom is -0.405 e. The Kier molecular flexibility index (Phi) is 4.76. The summed E-state index contributed by atoms with van der Waals surface area (Å²) in [7, 11) is 0. The number of alkyl halides is 3. The molecular weight excluding hydrogens is 351 g/mol. The third-order valence-electron chi connectivity index (χ3n) is 2.75. The van der Waals surface area contributed by atoms with Crippen molar-refractivity contribution < 1.29 is 17.9 Å². The average Bonchev–Trinajstić information content (AvgIpc) is 2.85. The van der Waals surface area contributed by atoms with Crippen LogP contribution in [0.25, 0.3) is 0 Å². The Hall–Kier alpha value is -1.70. The molecule has 1 aromatic heterocycles. The van der Waals surface area contributed by atoms with Crippen molar-refractivity contribution in [1.82, 2.24) is 9.55 Å². The summed E-state index contributed by atoms with van der Waals surface area (Å²) in [6, 6.07) is 4.30. The molecule has 21 heavy (non-hydrogen) atoms. The summed E-state index contributed by atoms with van der Waals surface area (Å²) in [4.78, 5) is 4.21. The highest BCUT2D eigenvalue weighted by atomic mass is 79.9. The molecule has 0 atom stereocenters. The Morgan fingerprint density at radius 2 is 2.14 bits per heavy atom. The van der Waals surface area contributed by atoms with Crippen molar-refractivity contribution >= 4 is 21.6 Å². The maximum absolute atomic E-state index is 12.2. The number of nitrogens with zero attached hydrogens (tertiary/aromatic N) is 2. The zero-order valence-corrected chi connectivity index (χ0v) is 12.7. The molecule has 114 valence electrons. The average molecular weight is 364 g/mol. The molecule has 0 aliphatic rings. The highest BCUT2D eigenvalue weighted by Gasteiger charge is 2.31. The fraction of sp³-hybridized carbons (Fsp3) is 0.308. The summed E-state index contributed by atoms with van der Waals surface area (Å²) in [5.41, 5.74) is 0.669. The van der Waals surface area contributed by atoms with Crippen LogP contribution in [0.15, 0.2) is 35.1 Å². The number of ether oxygens (including phenoxy) is 1. The first kappa shape index (κ1) is 15.7. The van der Waals surface area contributed by atoms with Crippen LogP contribution in [0.2, 0.25) is 0 Å². The lowest BCUT2D eigenvalue weighted by Gasteiger charge is -2.12. The topological polar surface area (TPSA) is 39.1 Å². The van der Waals surface area contributed by atoms with E-state index < -0.39 is 6.36 Å². The lowest BCUT2D eigenvalue weighted by Crippen LogP contribution is -2.17. The maximum Gasteiger partial charge on any atom is 0.573 e. The number of nitrogens with one attached hydrogen (secondary N) is 1. The van der Waals surface area contributed by atoms with E-state index in [0.29, 0.717) is 12.2 Å². The molecule has 1 heterocycles. The van der Waals surface area contributed by atoms with Gasteiger partial charge in [0.15, 0.2) is 0 Å². The lowest BCUT2D eigenvalue weighted by molar-refractivity contribution is -0.274. The molecule has 0 aliphatic carbocycles. The van der Waals surface area contributed by atoms with Gasteiger partial charge in [0.05, 0.1) is 11.0 Å². The summed E-state index contributed by atoms with van der Waals surface area (Å²) in [5.74, 6) is 0.576. The first-order valence-electron chi connectivity index (χ1n) is 6.18. The molecule has 8 heteroatoms. The van der Waals surface area contributed by atoms with Crippen LogP contribution in [0, 0.1) is 0 Å². The van der Waals surface area contributed by atoms with Gasteiger partial charge in [-0.25, -0.2) is 4.98 Å². The Morgan fingerprint density at radius 1 is 1.38 bits per heavy atom. The first-order chi connectivity index (χ1) is 9.89. The van der Waals surface area contributed by atoms with Crippen molar-refractivity contribution in [3.63, 3.8) is 0 Å². The normalized spacial score (nSPS) is 11.5. The minimum absolute atomic E-state index is 0.226. The van der Waals surface area contributed by atoms with Gasteiger partial charge in [-0.1, -0.05) is 0 Å². The van der Waals surface area contributed by atoms with Gasteiger partial charge in [-0.3, -0.25) is 0 Å². The number of benzene rings is 1. The van der Waals surface area contributed by atoms with Crippen LogP contribution in [-0.2, 0) is 13.1 Å². The van der Waals surface area contributed by atoms with Crippen LogP contribution in [0.3, 0.4) is 0 Å². The minimum atomic E-state index is -4.71. The number of aryl methyl sites for hydroxylation is 1. The van der Waals surface area contributed by atoms with Gasteiger partial charge >= 0.3 is 6.36 Å². The predicted octanol–water partition coefficient (Wildman–Crippen LogP) is 4.18. The standard InChI is InChI=1S/C13H13BrF3N3O/c1-2-20-6-5-18-12(20)8-19-9-3-4-11(10(14)7-9)21-13(15,16)17/h3-7,19H,2,8H2,1H3. The van der Waals surface area contributed by atoms with E-state index in [1.54, 1.807) is 6.20 Å². The lowest BCUT2D eigenvalue weighted by atomic mass is 10.3. The van der Waals surface area contributed by atoms with Gasteiger partial charge in [0.25, 0.3) is 0 Å². The van der Waals surface area contributed by atoms with E-state index >= 15 is 0 Å². The van der Waals surface area contributed by atoms with Crippen LogP contribution >= 0.6 is 15.9 Å². The van der Waals surface area contributed by atoms with Gasteiger partial charge in [0.1, 0.15) is 11.6 Å². The second kappa shape index (κ2) is 6.38. The molecule has 0 amide bonds. The van der Waals surface area contributed by atoms with Crippen LogP contribution < -0.4 is 10.1 Å². The quantitative estimate of drug-likeness (QED) is 0.866. The van der Waals surface area contributed by atoms with Crippen molar-refractivity contribution in [2.45, 2.75) is 26.4 Å². The van der Waals surface area contributed by atoms with E-state index in [2.05, 4.69) is 31.0 Å². The van der Waals surface area contributed by atoms with Gasteiger partial charge in [-0.15, -0.1) is 13.2 Å². The Bertz CT molecular complexity index is 613.